The first-order valence-corrected chi connectivity index (χ1v) is 6.42. The Hall–Kier alpha value is -1.79. The SMILES string of the molecule is COc1ccc2c(c1OC)C(=O)OC2NCCN(C)C. The van der Waals surface area contributed by atoms with Gasteiger partial charge in [0.2, 0.25) is 0 Å². The Kier molecular flexibility index (Phi) is 4.46. The van der Waals surface area contributed by atoms with Crippen molar-refractivity contribution in [1.82, 2.24) is 10.2 Å². The molecule has 1 heterocycles. The minimum atomic E-state index is -0.433. The fourth-order valence-corrected chi connectivity index (χ4v) is 2.17. The van der Waals surface area contributed by atoms with Crippen molar-refractivity contribution in [2.75, 3.05) is 41.4 Å². The summed E-state index contributed by atoms with van der Waals surface area (Å²) in [6, 6.07) is 3.61. The fourth-order valence-electron chi connectivity index (χ4n) is 2.17. The van der Waals surface area contributed by atoms with Crippen LogP contribution in [0.15, 0.2) is 12.1 Å². The number of rotatable bonds is 6. The number of carbonyl (C=O) groups excluding carboxylic acids is 1. The Bertz CT molecular complexity index is 502. The number of esters is 1. The maximum absolute atomic E-state index is 12.0. The Morgan fingerprint density at radius 1 is 1.30 bits per heavy atom. The van der Waals surface area contributed by atoms with Gasteiger partial charge >= 0.3 is 5.97 Å². The highest BCUT2D eigenvalue weighted by Gasteiger charge is 2.35. The normalized spacial score (nSPS) is 17.1. The molecule has 1 aliphatic rings. The molecule has 0 saturated carbocycles. The number of hydrogen-bond donors (Lipinski definition) is 1. The van der Waals surface area contributed by atoms with E-state index in [1.165, 1.54) is 14.2 Å². The third-order valence-electron chi connectivity index (χ3n) is 3.18. The average Bonchev–Trinajstić information content (AvgIpc) is 2.74. The number of methoxy groups -OCH3 is 2. The molecule has 0 aliphatic carbocycles. The van der Waals surface area contributed by atoms with E-state index >= 15 is 0 Å². The van der Waals surface area contributed by atoms with Crippen LogP contribution in [-0.2, 0) is 4.74 Å². The monoisotopic (exact) mass is 280 g/mol. The minimum Gasteiger partial charge on any atom is -0.493 e. The van der Waals surface area contributed by atoms with Gasteiger partial charge in [0, 0.05) is 18.7 Å². The van der Waals surface area contributed by atoms with E-state index in [-0.39, 0.29) is 0 Å². The molecule has 6 nitrogen and oxygen atoms in total. The van der Waals surface area contributed by atoms with Crippen molar-refractivity contribution in [2.24, 2.45) is 0 Å². The first-order chi connectivity index (χ1) is 9.58. The number of nitrogens with one attached hydrogen (secondary N) is 1. The number of carbonyl (C=O) groups is 1. The number of likely N-dealkylation sites (N-methyl/N-ethyl adjacent to an activating group) is 1. The van der Waals surface area contributed by atoms with Gasteiger partial charge in [-0.05, 0) is 26.2 Å². The van der Waals surface area contributed by atoms with Crippen molar-refractivity contribution < 1.29 is 19.0 Å². The second-order valence-corrected chi connectivity index (χ2v) is 4.81. The lowest BCUT2D eigenvalue weighted by molar-refractivity contribution is 0.0304. The molecule has 1 atom stereocenters. The molecule has 6 heteroatoms. The van der Waals surface area contributed by atoms with Crippen molar-refractivity contribution in [3.63, 3.8) is 0 Å². The van der Waals surface area contributed by atoms with Gasteiger partial charge in [0.25, 0.3) is 0 Å². The molecule has 0 radical (unpaired) electrons. The molecule has 0 aromatic heterocycles. The number of hydrogen-bond acceptors (Lipinski definition) is 6. The summed E-state index contributed by atoms with van der Waals surface area (Å²) in [4.78, 5) is 14.1. The molecule has 20 heavy (non-hydrogen) atoms. The van der Waals surface area contributed by atoms with Gasteiger partial charge in [-0.15, -0.1) is 0 Å². The maximum Gasteiger partial charge on any atom is 0.344 e. The number of ether oxygens (including phenoxy) is 3. The molecule has 2 rings (SSSR count). The second-order valence-electron chi connectivity index (χ2n) is 4.81. The van der Waals surface area contributed by atoms with E-state index in [0.29, 0.717) is 17.1 Å². The van der Waals surface area contributed by atoms with Crippen LogP contribution in [0.3, 0.4) is 0 Å². The van der Waals surface area contributed by atoms with Crippen molar-refractivity contribution in [1.29, 1.82) is 0 Å². The summed E-state index contributed by atoms with van der Waals surface area (Å²) < 4.78 is 15.8. The van der Waals surface area contributed by atoms with E-state index in [0.717, 1.165) is 18.7 Å². The number of fused-ring (bicyclic) bond motifs is 1. The van der Waals surface area contributed by atoms with Crippen molar-refractivity contribution >= 4 is 5.97 Å². The summed E-state index contributed by atoms with van der Waals surface area (Å²) in [6.07, 6.45) is -0.433. The van der Waals surface area contributed by atoms with Gasteiger partial charge in [0.05, 0.1) is 14.2 Å². The highest BCUT2D eigenvalue weighted by atomic mass is 16.6. The zero-order valence-corrected chi connectivity index (χ0v) is 12.2. The molecule has 1 aromatic carbocycles. The molecule has 1 aromatic rings. The molecule has 0 fully saturated rings. The van der Waals surface area contributed by atoms with Crippen molar-refractivity contribution in [2.45, 2.75) is 6.23 Å². The average molecular weight is 280 g/mol. The van der Waals surface area contributed by atoms with E-state index in [4.69, 9.17) is 14.2 Å². The van der Waals surface area contributed by atoms with E-state index in [1.54, 1.807) is 6.07 Å². The molecule has 0 spiro atoms. The van der Waals surface area contributed by atoms with Gasteiger partial charge in [-0.3, -0.25) is 5.32 Å². The van der Waals surface area contributed by atoms with Crippen LogP contribution in [0.4, 0.5) is 0 Å². The summed E-state index contributed by atoms with van der Waals surface area (Å²) in [5, 5.41) is 3.21. The second kappa shape index (κ2) is 6.11. The lowest BCUT2D eigenvalue weighted by Gasteiger charge is -2.15. The zero-order valence-electron chi connectivity index (χ0n) is 12.2. The predicted octanol–water partition coefficient (Wildman–Crippen LogP) is 1.02. The number of nitrogens with zero attached hydrogens (tertiary/aromatic N) is 1. The third-order valence-corrected chi connectivity index (χ3v) is 3.18. The molecule has 1 N–H and O–H groups in total. The fraction of sp³-hybridized carbons (Fsp3) is 0.500. The molecule has 0 saturated heterocycles. The first kappa shape index (κ1) is 14.6. The van der Waals surface area contributed by atoms with E-state index in [9.17, 15) is 4.79 Å². The Morgan fingerprint density at radius 2 is 2.05 bits per heavy atom. The molecule has 0 bridgehead atoms. The summed E-state index contributed by atoms with van der Waals surface area (Å²) >= 11 is 0. The lowest BCUT2D eigenvalue weighted by atomic mass is 10.1. The smallest absolute Gasteiger partial charge is 0.344 e. The molecule has 1 unspecified atom stereocenters. The summed E-state index contributed by atoms with van der Waals surface area (Å²) in [5.74, 6) is 0.558. The van der Waals surface area contributed by atoms with Crippen LogP contribution in [0, 0.1) is 0 Å². The quantitative estimate of drug-likeness (QED) is 0.785. The topological polar surface area (TPSA) is 60.0 Å². The van der Waals surface area contributed by atoms with Gasteiger partial charge in [-0.1, -0.05) is 0 Å². The zero-order chi connectivity index (χ0) is 14.7. The molecule has 0 amide bonds. The lowest BCUT2D eigenvalue weighted by Crippen LogP contribution is -2.29. The largest absolute Gasteiger partial charge is 0.493 e. The summed E-state index contributed by atoms with van der Waals surface area (Å²) in [6.45, 7) is 1.58. The minimum absolute atomic E-state index is 0.391. The Balaban J connectivity index is 2.23. The van der Waals surface area contributed by atoms with Gasteiger partial charge in [-0.2, -0.15) is 0 Å². The summed E-state index contributed by atoms with van der Waals surface area (Å²) in [7, 11) is 7.03. The van der Waals surface area contributed by atoms with Gasteiger partial charge < -0.3 is 19.1 Å². The summed E-state index contributed by atoms with van der Waals surface area (Å²) in [5.41, 5.74) is 1.22. The Labute approximate surface area is 118 Å². The number of cyclic esters (lactones) is 1. The first-order valence-electron chi connectivity index (χ1n) is 6.42. The van der Waals surface area contributed by atoms with Gasteiger partial charge in [0.1, 0.15) is 5.56 Å². The van der Waals surface area contributed by atoms with Crippen LogP contribution < -0.4 is 14.8 Å². The van der Waals surface area contributed by atoms with Gasteiger partial charge in [0.15, 0.2) is 17.7 Å². The van der Waals surface area contributed by atoms with Gasteiger partial charge in [-0.25, -0.2) is 4.79 Å². The number of benzene rings is 1. The third kappa shape index (κ3) is 2.71. The van der Waals surface area contributed by atoms with E-state index in [1.807, 2.05) is 20.2 Å². The predicted molar refractivity (Wildman–Crippen MR) is 74.3 cm³/mol. The van der Waals surface area contributed by atoms with Crippen LogP contribution >= 0.6 is 0 Å². The molecular formula is C14H20N2O4. The van der Waals surface area contributed by atoms with Crippen LogP contribution in [0.25, 0.3) is 0 Å². The van der Waals surface area contributed by atoms with Crippen LogP contribution in [0.2, 0.25) is 0 Å². The molecular weight excluding hydrogens is 260 g/mol. The standard InChI is InChI=1S/C14H20N2O4/c1-16(2)8-7-15-13-9-5-6-10(18-3)12(19-4)11(9)14(17)20-13/h5-6,13,15H,7-8H2,1-4H3. The Morgan fingerprint density at radius 3 is 2.65 bits per heavy atom. The molecule has 1 aliphatic heterocycles. The van der Waals surface area contributed by atoms with E-state index in [2.05, 4.69) is 10.2 Å². The van der Waals surface area contributed by atoms with Crippen LogP contribution in [0.5, 0.6) is 11.5 Å². The maximum atomic E-state index is 12.0. The van der Waals surface area contributed by atoms with Crippen LogP contribution in [-0.4, -0.2) is 52.3 Å². The highest BCUT2D eigenvalue weighted by Crippen LogP contribution is 2.40. The molecule has 110 valence electrons. The van der Waals surface area contributed by atoms with E-state index < -0.39 is 12.2 Å². The van der Waals surface area contributed by atoms with Crippen LogP contribution in [0.1, 0.15) is 22.1 Å². The van der Waals surface area contributed by atoms with Crippen molar-refractivity contribution in [3.05, 3.63) is 23.3 Å². The highest BCUT2D eigenvalue weighted by molar-refractivity contribution is 5.98. The van der Waals surface area contributed by atoms with Crippen molar-refractivity contribution in [3.8, 4) is 11.5 Å².